The molecular weight excluding hydrogens is 384 g/mol. The number of hydrogen-bond acceptors (Lipinski definition) is 5. The van der Waals surface area contributed by atoms with Crippen LogP contribution in [-0.4, -0.2) is 23.6 Å². The zero-order chi connectivity index (χ0) is 21.0. The Hall–Kier alpha value is -2.86. The highest BCUT2D eigenvalue weighted by atomic mass is 32.2. The van der Waals surface area contributed by atoms with Crippen molar-refractivity contribution in [2.45, 2.75) is 34.1 Å². The van der Waals surface area contributed by atoms with Crippen molar-refractivity contribution in [3.63, 3.8) is 0 Å². The molecule has 1 heterocycles. The topological polar surface area (TPSA) is 59.0 Å². The highest BCUT2D eigenvalue weighted by Gasteiger charge is 2.35. The standard InChI is InChI=1S/C23H24N2O3S/c1-5-12-24-23-25(19-9-7-6-8-15(19)2)22(27)21(29-23)14-18-10-11-20(16(3)13-18)28-17(4)26/h6-11,13-14H,5,12H2,1-4H3. The van der Waals surface area contributed by atoms with Crippen molar-refractivity contribution < 1.29 is 14.3 Å². The lowest BCUT2D eigenvalue weighted by Gasteiger charge is -2.18. The van der Waals surface area contributed by atoms with Gasteiger partial charge in [0.15, 0.2) is 5.17 Å². The zero-order valence-electron chi connectivity index (χ0n) is 17.1. The van der Waals surface area contributed by atoms with E-state index in [0.29, 0.717) is 22.4 Å². The summed E-state index contributed by atoms with van der Waals surface area (Å²) in [6, 6.07) is 13.3. The van der Waals surface area contributed by atoms with E-state index in [9.17, 15) is 9.59 Å². The van der Waals surface area contributed by atoms with E-state index < -0.39 is 0 Å². The molecule has 3 rings (SSSR count). The van der Waals surface area contributed by atoms with E-state index >= 15 is 0 Å². The highest BCUT2D eigenvalue weighted by molar-refractivity contribution is 8.19. The molecule has 150 valence electrons. The second kappa shape index (κ2) is 9.09. The van der Waals surface area contributed by atoms with Crippen LogP contribution >= 0.6 is 11.8 Å². The number of amidine groups is 1. The molecule has 0 unspecified atom stereocenters. The van der Waals surface area contributed by atoms with Gasteiger partial charge in [-0.25, -0.2) is 0 Å². The lowest BCUT2D eigenvalue weighted by atomic mass is 10.1. The van der Waals surface area contributed by atoms with Crippen molar-refractivity contribution in [1.82, 2.24) is 0 Å². The van der Waals surface area contributed by atoms with E-state index in [4.69, 9.17) is 4.74 Å². The molecule has 0 bridgehead atoms. The quantitative estimate of drug-likeness (QED) is 0.392. The first kappa shape index (κ1) is 20.9. The van der Waals surface area contributed by atoms with Crippen LogP contribution in [0.1, 0.15) is 37.0 Å². The SMILES string of the molecule is CCCN=C1SC(=Cc2ccc(OC(C)=O)c(C)c2)C(=O)N1c1ccccc1C. The molecule has 1 saturated heterocycles. The molecule has 29 heavy (non-hydrogen) atoms. The van der Waals surface area contributed by atoms with Crippen molar-refractivity contribution in [2.24, 2.45) is 4.99 Å². The maximum Gasteiger partial charge on any atom is 0.308 e. The lowest BCUT2D eigenvalue weighted by molar-refractivity contribution is -0.131. The third-order valence-corrected chi connectivity index (χ3v) is 5.39. The third-order valence-electron chi connectivity index (χ3n) is 4.38. The first-order valence-electron chi connectivity index (χ1n) is 9.54. The average molecular weight is 409 g/mol. The monoisotopic (exact) mass is 408 g/mol. The molecule has 1 aliphatic heterocycles. The van der Waals surface area contributed by atoms with Crippen LogP contribution in [0.2, 0.25) is 0 Å². The smallest absolute Gasteiger partial charge is 0.308 e. The molecule has 0 spiro atoms. The molecule has 1 fully saturated rings. The van der Waals surface area contributed by atoms with Crippen LogP contribution in [0.5, 0.6) is 5.75 Å². The maximum atomic E-state index is 13.2. The van der Waals surface area contributed by atoms with E-state index in [1.165, 1.54) is 18.7 Å². The maximum absolute atomic E-state index is 13.2. The van der Waals surface area contributed by atoms with Gasteiger partial charge in [-0.2, -0.15) is 0 Å². The Labute approximate surface area is 175 Å². The van der Waals surface area contributed by atoms with E-state index in [-0.39, 0.29) is 11.9 Å². The van der Waals surface area contributed by atoms with Crippen LogP contribution in [0.3, 0.4) is 0 Å². The number of hydrogen-bond donors (Lipinski definition) is 0. The minimum absolute atomic E-state index is 0.0825. The van der Waals surface area contributed by atoms with E-state index in [2.05, 4.69) is 11.9 Å². The summed E-state index contributed by atoms with van der Waals surface area (Å²) in [6.45, 7) is 7.97. The second-order valence-electron chi connectivity index (χ2n) is 6.82. The van der Waals surface area contributed by atoms with Gasteiger partial charge in [0.25, 0.3) is 5.91 Å². The molecule has 0 saturated carbocycles. The largest absolute Gasteiger partial charge is 0.426 e. The number of benzene rings is 2. The molecule has 0 atom stereocenters. The molecule has 0 radical (unpaired) electrons. The van der Waals surface area contributed by atoms with Gasteiger partial charge in [0.05, 0.1) is 10.6 Å². The predicted molar refractivity (Wildman–Crippen MR) is 119 cm³/mol. The summed E-state index contributed by atoms with van der Waals surface area (Å²) < 4.78 is 5.18. The van der Waals surface area contributed by atoms with Crippen LogP contribution in [-0.2, 0) is 9.59 Å². The minimum Gasteiger partial charge on any atom is -0.426 e. The summed E-state index contributed by atoms with van der Waals surface area (Å²) >= 11 is 1.39. The molecule has 1 amide bonds. The van der Waals surface area contributed by atoms with E-state index in [1.54, 1.807) is 11.0 Å². The molecule has 2 aromatic rings. The average Bonchev–Trinajstić information content (AvgIpc) is 2.98. The van der Waals surface area contributed by atoms with Gasteiger partial charge >= 0.3 is 5.97 Å². The minimum atomic E-state index is -0.355. The number of amides is 1. The first-order valence-corrected chi connectivity index (χ1v) is 10.4. The molecule has 5 nitrogen and oxygen atoms in total. The number of rotatable bonds is 5. The summed E-state index contributed by atoms with van der Waals surface area (Å²) in [5.41, 5.74) is 3.58. The highest BCUT2D eigenvalue weighted by Crippen LogP contribution is 2.37. The van der Waals surface area contributed by atoms with Crippen molar-refractivity contribution >= 4 is 40.6 Å². The van der Waals surface area contributed by atoms with E-state index in [1.807, 2.05) is 56.3 Å². The Morgan fingerprint density at radius 2 is 1.93 bits per heavy atom. The normalized spacial score (nSPS) is 16.7. The van der Waals surface area contributed by atoms with E-state index in [0.717, 1.165) is 28.8 Å². The van der Waals surface area contributed by atoms with Gasteiger partial charge < -0.3 is 4.74 Å². The van der Waals surface area contributed by atoms with Gasteiger partial charge in [0.1, 0.15) is 5.75 Å². The Morgan fingerprint density at radius 3 is 2.59 bits per heavy atom. The van der Waals surface area contributed by atoms with Gasteiger partial charge in [0.2, 0.25) is 0 Å². The number of carbonyl (C=O) groups excluding carboxylic acids is 2. The van der Waals surface area contributed by atoms with Gasteiger partial charge in [-0.3, -0.25) is 19.5 Å². The molecule has 0 aromatic heterocycles. The van der Waals surface area contributed by atoms with Gasteiger partial charge in [-0.15, -0.1) is 0 Å². The number of carbonyl (C=O) groups is 2. The van der Waals surface area contributed by atoms with Gasteiger partial charge in [-0.1, -0.05) is 31.2 Å². The Bertz CT molecular complexity index is 1010. The number of nitrogens with zero attached hydrogens (tertiary/aromatic N) is 2. The van der Waals surface area contributed by atoms with Crippen LogP contribution in [0.25, 0.3) is 6.08 Å². The van der Waals surface area contributed by atoms with Crippen LogP contribution in [0.15, 0.2) is 52.4 Å². The molecule has 2 aromatic carbocycles. The number of para-hydroxylation sites is 1. The fraction of sp³-hybridized carbons (Fsp3) is 0.261. The zero-order valence-corrected chi connectivity index (χ0v) is 17.9. The number of aliphatic imine (C=N–C) groups is 1. The summed E-state index contributed by atoms with van der Waals surface area (Å²) in [6.07, 6.45) is 2.77. The summed E-state index contributed by atoms with van der Waals surface area (Å²) in [7, 11) is 0. The first-order chi connectivity index (χ1) is 13.9. The molecule has 1 aliphatic rings. The van der Waals surface area contributed by atoms with Crippen molar-refractivity contribution in [2.75, 3.05) is 11.4 Å². The molecule has 0 aliphatic carbocycles. The summed E-state index contributed by atoms with van der Waals surface area (Å²) in [5, 5.41) is 0.700. The molecule has 0 N–H and O–H groups in total. The molecular formula is C23H24N2O3S. The number of esters is 1. The molecule has 6 heteroatoms. The number of ether oxygens (including phenoxy) is 1. The lowest BCUT2D eigenvalue weighted by Crippen LogP contribution is -2.29. The van der Waals surface area contributed by atoms with Gasteiger partial charge in [0, 0.05) is 13.5 Å². The Kier molecular flexibility index (Phi) is 6.54. The second-order valence-corrected chi connectivity index (χ2v) is 7.83. The Balaban J connectivity index is 1.96. The van der Waals surface area contributed by atoms with Crippen molar-refractivity contribution in [1.29, 1.82) is 0 Å². The van der Waals surface area contributed by atoms with Crippen LogP contribution < -0.4 is 9.64 Å². The predicted octanol–water partition coefficient (Wildman–Crippen LogP) is 5.12. The fourth-order valence-corrected chi connectivity index (χ4v) is 3.99. The fourth-order valence-electron chi connectivity index (χ4n) is 3.00. The number of thioether (sulfide) groups is 1. The van der Waals surface area contributed by atoms with Gasteiger partial charge in [-0.05, 0) is 73.0 Å². The van der Waals surface area contributed by atoms with Crippen molar-refractivity contribution in [3.05, 3.63) is 64.1 Å². The van der Waals surface area contributed by atoms with Crippen LogP contribution in [0, 0.1) is 13.8 Å². The number of anilines is 1. The summed E-state index contributed by atoms with van der Waals surface area (Å²) in [4.78, 5) is 31.4. The number of aryl methyl sites for hydroxylation is 2. The third kappa shape index (κ3) is 4.77. The summed E-state index contributed by atoms with van der Waals surface area (Å²) in [5.74, 6) is 0.0871. The van der Waals surface area contributed by atoms with Crippen molar-refractivity contribution in [3.8, 4) is 5.75 Å². The van der Waals surface area contributed by atoms with Crippen LogP contribution in [0.4, 0.5) is 5.69 Å². The Morgan fingerprint density at radius 1 is 1.17 bits per heavy atom.